The highest BCUT2D eigenvalue weighted by molar-refractivity contribution is 6.18. The first-order valence-electron chi connectivity index (χ1n) is 21.0. The number of hydrogen-bond acceptors (Lipinski definition) is 4. The summed E-state index contributed by atoms with van der Waals surface area (Å²) < 4.78 is 2.27. The summed E-state index contributed by atoms with van der Waals surface area (Å²) in [5, 5.41) is 13.5. The molecule has 0 saturated carbocycles. The first kappa shape index (κ1) is 37.6. The zero-order valence-electron chi connectivity index (χ0n) is 34.5. The van der Waals surface area contributed by atoms with E-state index in [9.17, 15) is 5.26 Å². The minimum atomic E-state index is -0.117. The Bertz CT molecular complexity index is 3160. The third-order valence-electron chi connectivity index (χ3n) is 12.1. The van der Waals surface area contributed by atoms with Gasteiger partial charge in [0.05, 0.1) is 40.3 Å². The van der Waals surface area contributed by atoms with Crippen molar-refractivity contribution >= 4 is 62.2 Å². The molecule has 1 aliphatic carbocycles. The number of aromatic nitrogens is 1. The van der Waals surface area contributed by atoms with Crippen LogP contribution in [0, 0.1) is 18.3 Å². The summed E-state index contributed by atoms with van der Waals surface area (Å²) in [4.78, 5) is 18.4. The summed E-state index contributed by atoms with van der Waals surface area (Å²) in [6.07, 6.45) is 6.54. The molecule has 1 aromatic heterocycles. The topological polar surface area (TPSA) is 69.0 Å². The van der Waals surface area contributed by atoms with Crippen LogP contribution in [0.2, 0.25) is 0 Å². The minimum absolute atomic E-state index is 0.0660. The minimum Gasteiger partial charge on any atom is -0.331 e. The van der Waals surface area contributed by atoms with Crippen molar-refractivity contribution in [1.29, 1.82) is 5.26 Å². The number of nitriles is 1. The van der Waals surface area contributed by atoms with Crippen LogP contribution in [-0.2, 0) is 0 Å². The van der Waals surface area contributed by atoms with Gasteiger partial charge in [0, 0.05) is 52.1 Å². The quantitative estimate of drug-likeness (QED) is 0.119. The van der Waals surface area contributed by atoms with Crippen LogP contribution in [0.3, 0.4) is 0 Å². The Labute approximate surface area is 356 Å². The second kappa shape index (κ2) is 15.9. The molecule has 2 aliphatic rings. The largest absolute Gasteiger partial charge is 0.331 e. The molecular weight excluding hydrogens is 745 g/mol. The molecule has 0 spiro atoms. The van der Waals surface area contributed by atoms with Crippen molar-refractivity contribution in [3.05, 3.63) is 215 Å². The van der Waals surface area contributed by atoms with E-state index in [1.54, 1.807) is 0 Å². The van der Waals surface area contributed by atoms with Crippen LogP contribution in [0.15, 0.2) is 185 Å². The molecule has 0 fully saturated rings. The molecule has 1 aliphatic heterocycles. The molecule has 2 heterocycles. The summed E-state index contributed by atoms with van der Waals surface area (Å²) >= 11 is 0. The molecule has 2 atom stereocenters. The van der Waals surface area contributed by atoms with E-state index in [1.807, 2.05) is 49.5 Å². The molecule has 0 radical (unpaired) electrons. The molecule has 0 saturated heterocycles. The lowest BCUT2D eigenvalue weighted by Gasteiger charge is -2.33. The number of hydrogen-bond donors (Lipinski definition) is 0. The predicted molar refractivity (Wildman–Crippen MR) is 253 cm³/mol. The van der Waals surface area contributed by atoms with E-state index in [0.29, 0.717) is 11.5 Å². The molecule has 6 nitrogen and oxygen atoms in total. The number of fused-ring (bicyclic) bond motifs is 8. The first-order valence-corrected chi connectivity index (χ1v) is 21.0. The Kier molecular flexibility index (Phi) is 9.78. The van der Waals surface area contributed by atoms with Crippen molar-refractivity contribution in [2.45, 2.75) is 38.6 Å². The maximum atomic E-state index is 9.87. The van der Waals surface area contributed by atoms with Gasteiger partial charge in [-0.05, 0) is 83.3 Å². The van der Waals surface area contributed by atoms with Crippen molar-refractivity contribution in [2.24, 2.45) is 15.0 Å². The highest BCUT2D eigenvalue weighted by atomic mass is 15.3. The van der Waals surface area contributed by atoms with Crippen LogP contribution in [-0.4, -0.2) is 29.0 Å². The van der Waals surface area contributed by atoms with Gasteiger partial charge in [-0.2, -0.15) is 5.26 Å². The number of aryl methyl sites for hydroxylation is 1. The van der Waals surface area contributed by atoms with Crippen LogP contribution < -0.4 is 4.90 Å². The SMILES string of the molecule is CCCC(=Nc1cc(N2c3ccccc3C3C=Cc4c(n(C(N=C(c5ccccc5)c5cccc(C#N)c5)=NC)c5ccccc45)C32)ccc1C)c1ccc2ccccc2c1. The number of rotatable bonds is 7. The van der Waals surface area contributed by atoms with Gasteiger partial charge in [-0.3, -0.25) is 14.6 Å². The van der Waals surface area contributed by atoms with Crippen molar-refractivity contribution in [2.75, 3.05) is 11.9 Å². The van der Waals surface area contributed by atoms with E-state index >= 15 is 0 Å². The Balaban J connectivity index is 1.16. The summed E-state index contributed by atoms with van der Waals surface area (Å²) in [6.45, 7) is 4.38. The molecule has 0 amide bonds. The zero-order valence-corrected chi connectivity index (χ0v) is 34.5. The fourth-order valence-electron chi connectivity index (χ4n) is 9.25. The lowest BCUT2D eigenvalue weighted by atomic mass is 9.86. The molecule has 2 unspecified atom stereocenters. The van der Waals surface area contributed by atoms with E-state index in [2.05, 4.69) is 163 Å². The number of benzene rings is 7. The van der Waals surface area contributed by atoms with Gasteiger partial charge in [-0.25, -0.2) is 4.99 Å². The van der Waals surface area contributed by atoms with Crippen LogP contribution in [0.1, 0.15) is 76.4 Å². The highest BCUT2D eigenvalue weighted by Gasteiger charge is 2.44. The first-order chi connectivity index (χ1) is 30.0. The highest BCUT2D eigenvalue weighted by Crippen LogP contribution is 2.57. The monoisotopic (exact) mass is 788 g/mol. The van der Waals surface area contributed by atoms with E-state index in [0.717, 1.165) is 80.1 Å². The third kappa shape index (κ3) is 6.65. The van der Waals surface area contributed by atoms with E-state index in [4.69, 9.17) is 15.0 Å². The average molecular weight is 789 g/mol. The van der Waals surface area contributed by atoms with Gasteiger partial charge < -0.3 is 4.90 Å². The van der Waals surface area contributed by atoms with Crippen LogP contribution in [0.5, 0.6) is 0 Å². The Morgan fingerprint density at radius 1 is 0.721 bits per heavy atom. The van der Waals surface area contributed by atoms with E-state index in [1.165, 1.54) is 22.0 Å². The number of anilines is 2. The number of para-hydroxylation sites is 2. The maximum absolute atomic E-state index is 9.87. The second-order valence-electron chi connectivity index (χ2n) is 15.8. The maximum Gasteiger partial charge on any atom is 0.230 e. The molecule has 6 heteroatoms. The smallest absolute Gasteiger partial charge is 0.230 e. The molecule has 0 N–H and O–H groups in total. The fraction of sp³-hybridized carbons (Fsp3) is 0.127. The third-order valence-corrected chi connectivity index (χ3v) is 12.1. The number of nitrogens with zero attached hydrogens (tertiary/aromatic N) is 6. The molecule has 0 bridgehead atoms. The normalized spacial score (nSPS) is 16.1. The predicted octanol–water partition coefficient (Wildman–Crippen LogP) is 13.3. The standard InChI is InChI=1S/C55H44N6/c1-4-15-48(41-28-27-38-17-8-9-20-40(38)33-41)58-49-34-43(29-26-36(49)2)60-50-24-12-10-22-44(50)46-30-31-47-45-23-11-13-25-51(45)61(54(47)53(46)60)55(57-3)59-52(39-18-6-5-7-19-39)42-21-14-16-37(32-42)35-56/h5-14,16-34,46,53H,4,15H2,1-3H3. The van der Waals surface area contributed by atoms with Crippen LogP contribution in [0.4, 0.5) is 17.1 Å². The van der Waals surface area contributed by atoms with Gasteiger partial charge >= 0.3 is 0 Å². The van der Waals surface area contributed by atoms with Gasteiger partial charge in [0.15, 0.2) is 0 Å². The van der Waals surface area contributed by atoms with Crippen LogP contribution >= 0.6 is 0 Å². The van der Waals surface area contributed by atoms with Crippen molar-refractivity contribution in [1.82, 2.24) is 4.57 Å². The van der Waals surface area contributed by atoms with Gasteiger partial charge in [-0.15, -0.1) is 0 Å². The molecule has 7 aromatic carbocycles. The van der Waals surface area contributed by atoms with E-state index < -0.39 is 0 Å². The lowest BCUT2D eigenvalue weighted by Crippen LogP contribution is -2.28. The fourth-order valence-corrected chi connectivity index (χ4v) is 9.25. The summed E-state index contributed by atoms with van der Waals surface area (Å²) in [6, 6.07) is 59.4. The Morgan fingerprint density at radius 2 is 1.49 bits per heavy atom. The van der Waals surface area contributed by atoms with E-state index in [-0.39, 0.29) is 12.0 Å². The Hall–Kier alpha value is -7.62. The van der Waals surface area contributed by atoms with Crippen molar-refractivity contribution < 1.29 is 0 Å². The van der Waals surface area contributed by atoms with Gasteiger partial charge in [0.25, 0.3) is 0 Å². The van der Waals surface area contributed by atoms with Crippen LogP contribution in [0.25, 0.3) is 27.8 Å². The Morgan fingerprint density at radius 3 is 2.33 bits per heavy atom. The lowest BCUT2D eigenvalue weighted by molar-refractivity contribution is 0.640. The summed E-state index contributed by atoms with van der Waals surface area (Å²) in [5.41, 5.74) is 14.3. The molecule has 8 aromatic rings. The molecule has 10 rings (SSSR count). The van der Waals surface area contributed by atoms with Gasteiger partial charge in [0.2, 0.25) is 5.96 Å². The average Bonchev–Trinajstić information content (AvgIpc) is 3.83. The molecule has 294 valence electrons. The summed E-state index contributed by atoms with van der Waals surface area (Å²) in [5.74, 6) is 0.633. The summed E-state index contributed by atoms with van der Waals surface area (Å²) in [7, 11) is 1.82. The van der Waals surface area contributed by atoms with Crippen molar-refractivity contribution in [3.63, 3.8) is 0 Å². The van der Waals surface area contributed by atoms with Gasteiger partial charge in [-0.1, -0.05) is 147 Å². The van der Waals surface area contributed by atoms with Crippen molar-refractivity contribution in [3.8, 4) is 6.07 Å². The number of aliphatic imine (C=N–C) groups is 3. The molecule has 61 heavy (non-hydrogen) atoms. The second-order valence-corrected chi connectivity index (χ2v) is 15.8. The van der Waals surface area contributed by atoms with Gasteiger partial charge in [0.1, 0.15) is 0 Å². The molecular formula is C55H44N6. The zero-order chi connectivity index (χ0) is 41.5.